The molecule has 1 aromatic carbocycles. The maximum absolute atomic E-state index is 11.7. The SMILES string of the molecule is CCC(=O)N1c2ccccc2C[C@H]1C. The van der Waals surface area contributed by atoms with Crippen LogP contribution in [-0.2, 0) is 11.2 Å². The van der Waals surface area contributed by atoms with Gasteiger partial charge >= 0.3 is 0 Å². The first kappa shape index (κ1) is 9.25. The molecule has 1 aliphatic rings. The predicted molar refractivity (Wildman–Crippen MR) is 57.4 cm³/mol. The highest BCUT2D eigenvalue weighted by molar-refractivity contribution is 5.95. The zero-order valence-corrected chi connectivity index (χ0v) is 8.66. The number of carbonyl (C=O) groups is 1. The third-order valence-electron chi connectivity index (χ3n) is 2.78. The van der Waals surface area contributed by atoms with Gasteiger partial charge in [-0.15, -0.1) is 0 Å². The summed E-state index contributed by atoms with van der Waals surface area (Å²) in [5, 5.41) is 0. The van der Waals surface area contributed by atoms with Crippen molar-refractivity contribution in [2.45, 2.75) is 32.7 Å². The van der Waals surface area contributed by atoms with Crippen molar-refractivity contribution in [2.24, 2.45) is 0 Å². The van der Waals surface area contributed by atoms with Crippen molar-refractivity contribution in [3.63, 3.8) is 0 Å². The van der Waals surface area contributed by atoms with E-state index >= 15 is 0 Å². The van der Waals surface area contributed by atoms with Gasteiger partial charge in [0.05, 0.1) is 0 Å². The Balaban J connectivity index is 2.39. The normalized spacial score (nSPS) is 19.6. The molecule has 0 radical (unpaired) electrons. The standard InChI is InChI=1S/C12H15NO/c1-3-12(14)13-9(2)8-10-6-4-5-7-11(10)13/h4-7,9H,3,8H2,1-2H3/t9-/m1/s1. The zero-order valence-electron chi connectivity index (χ0n) is 8.66. The molecule has 0 saturated heterocycles. The molecular formula is C12H15NO. The quantitative estimate of drug-likeness (QED) is 0.664. The summed E-state index contributed by atoms with van der Waals surface area (Å²) in [5.41, 5.74) is 2.40. The van der Waals surface area contributed by atoms with Gasteiger partial charge in [0, 0.05) is 18.2 Å². The van der Waals surface area contributed by atoms with Crippen LogP contribution in [0.2, 0.25) is 0 Å². The number of rotatable bonds is 1. The van der Waals surface area contributed by atoms with Crippen molar-refractivity contribution in [1.29, 1.82) is 0 Å². The third-order valence-corrected chi connectivity index (χ3v) is 2.78. The number of carbonyl (C=O) groups excluding carboxylic acids is 1. The minimum atomic E-state index is 0.224. The number of anilines is 1. The summed E-state index contributed by atoms with van der Waals surface area (Å²) < 4.78 is 0. The molecule has 0 fully saturated rings. The Morgan fingerprint density at radius 2 is 2.21 bits per heavy atom. The van der Waals surface area contributed by atoms with Gasteiger partial charge in [-0.25, -0.2) is 0 Å². The van der Waals surface area contributed by atoms with E-state index in [1.807, 2.05) is 30.0 Å². The summed E-state index contributed by atoms with van der Waals surface area (Å²) in [6, 6.07) is 8.49. The lowest BCUT2D eigenvalue weighted by Gasteiger charge is -2.21. The molecule has 1 aromatic rings. The zero-order chi connectivity index (χ0) is 10.1. The molecule has 14 heavy (non-hydrogen) atoms. The first-order valence-corrected chi connectivity index (χ1v) is 5.14. The molecular weight excluding hydrogens is 174 g/mol. The maximum Gasteiger partial charge on any atom is 0.226 e. The molecule has 0 aromatic heterocycles. The van der Waals surface area contributed by atoms with Gasteiger partial charge in [-0.1, -0.05) is 25.1 Å². The minimum absolute atomic E-state index is 0.224. The number of benzene rings is 1. The Kier molecular flexibility index (Phi) is 2.28. The number of amides is 1. The number of hydrogen-bond donors (Lipinski definition) is 0. The van der Waals surface area contributed by atoms with Gasteiger partial charge in [0.25, 0.3) is 0 Å². The van der Waals surface area contributed by atoms with E-state index in [2.05, 4.69) is 13.0 Å². The van der Waals surface area contributed by atoms with Gasteiger partial charge in [-0.05, 0) is 25.0 Å². The lowest BCUT2D eigenvalue weighted by Crippen LogP contribution is -2.35. The molecule has 1 amide bonds. The van der Waals surface area contributed by atoms with Gasteiger partial charge < -0.3 is 4.90 Å². The molecule has 0 aliphatic carbocycles. The van der Waals surface area contributed by atoms with Crippen molar-refractivity contribution in [3.8, 4) is 0 Å². The average Bonchev–Trinajstić information content (AvgIpc) is 2.53. The van der Waals surface area contributed by atoms with E-state index in [0.29, 0.717) is 12.5 Å². The molecule has 1 atom stereocenters. The molecule has 0 saturated carbocycles. The van der Waals surface area contributed by atoms with Crippen molar-refractivity contribution >= 4 is 11.6 Å². The fourth-order valence-corrected chi connectivity index (χ4v) is 2.12. The van der Waals surface area contributed by atoms with Crippen LogP contribution in [0.15, 0.2) is 24.3 Å². The van der Waals surface area contributed by atoms with Crippen LogP contribution >= 0.6 is 0 Å². The number of fused-ring (bicyclic) bond motifs is 1. The van der Waals surface area contributed by atoms with E-state index < -0.39 is 0 Å². The maximum atomic E-state index is 11.7. The van der Waals surface area contributed by atoms with Gasteiger partial charge in [-0.2, -0.15) is 0 Å². The summed E-state index contributed by atoms with van der Waals surface area (Å²) >= 11 is 0. The first-order valence-electron chi connectivity index (χ1n) is 5.14. The van der Waals surface area contributed by atoms with E-state index in [0.717, 1.165) is 12.1 Å². The van der Waals surface area contributed by atoms with Crippen molar-refractivity contribution in [2.75, 3.05) is 4.90 Å². The van der Waals surface area contributed by atoms with E-state index in [1.54, 1.807) is 0 Å². The van der Waals surface area contributed by atoms with E-state index in [-0.39, 0.29) is 5.91 Å². The molecule has 2 rings (SSSR count). The fourth-order valence-electron chi connectivity index (χ4n) is 2.12. The molecule has 0 N–H and O–H groups in total. The highest BCUT2D eigenvalue weighted by atomic mass is 16.2. The molecule has 2 nitrogen and oxygen atoms in total. The number of hydrogen-bond acceptors (Lipinski definition) is 1. The molecule has 74 valence electrons. The van der Waals surface area contributed by atoms with Crippen LogP contribution in [0.25, 0.3) is 0 Å². The molecule has 0 spiro atoms. The largest absolute Gasteiger partial charge is 0.309 e. The van der Waals surface area contributed by atoms with Crippen LogP contribution in [0.5, 0.6) is 0 Å². The van der Waals surface area contributed by atoms with Gasteiger partial charge in [0.1, 0.15) is 0 Å². The Bertz CT molecular complexity index is 359. The van der Waals surface area contributed by atoms with Crippen LogP contribution in [0.3, 0.4) is 0 Å². The third kappa shape index (κ3) is 1.31. The minimum Gasteiger partial charge on any atom is -0.309 e. The van der Waals surface area contributed by atoms with E-state index in [4.69, 9.17) is 0 Å². The smallest absolute Gasteiger partial charge is 0.226 e. The summed E-state index contributed by atoms with van der Waals surface area (Å²) in [7, 11) is 0. The fraction of sp³-hybridized carbons (Fsp3) is 0.417. The van der Waals surface area contributed by atoms with Crippen molar-refractivity contribution in [3.05, 3.63) is 29.8 Å². The molecule has 1 aliphatic heterocycles. The average molecular weight is 189 g/mol. The van der Waals surface area contributed by atoms with Crippen LogP contribution in [-0.4, -0.2) is 11.9 Å². The topological polar surface area (TPSA) is 20.3 Å². The monoisotopic (exact) mass is 189 g/mol. The Hall–Kier alpha value is -1.31. The van der Waals surface area contributed by atoms with Crippen LogP contribution < -0.4 is 4.90 Å². The Morgan fingerprint density at radius 3 is 2.93 bits per heavy atom. The summed E-state index contributed by atoms with van der Waals surface area (Å²) in [5.74, 6) is 0.224. The lowest BCUT2D eigenvalue weighted by molar-refractivity contribution is -0.118. The lowest BCUT2D eigenvalue weighted by atomic mass is 10.1. The van der Waals surface area contributed by atoms with Gasteiger partial charge in [0.2, 0.25) is 5.91 Å². The van der Waals surface area contributed by atoms with Crippen LogP contribution in [0, 0.1) is 0 Å². The second-order valence-corrected chi connectivity index (χ2v) is 3.80. The molecule has 1 heterocycles. The van der Waals surface area contributed by atoms with E-state index in [1.165, 1.54) is 5.56 Å². The Labute approximate surface area is 84.5 Å². The predicted octanol–water partition coefficient (Wildman–Crippen LogP) is 2.37. The molecule has 0 unspecified atom stereocenters. The van der Waals surface area contributed by atoms with Gasteiger partial charge in [-0.3, -0.25) is 4.79 Å². The molecule has 2 heteroatoms. The highest BCUT2D eigenvalue weighted by Gasteiger charge is 2.29. The van der Waals surface area contributed by atoms with Crippen molar-refractivity contribution in [1.82, 2.24) is 0 Å². The highest BCUT2D eigenvalue weighted by Crippen LogP contribution is 2.31. The Morgan fingerprint density at radius 1 is 1.50 bits per heavy atom. The van der Waals surface area contributed by atoms with Crippen LogP contribution in [0.4, 0.5) is 5.69 Å². The number of para-hydroxylation sites is 1. The summed E-state index contributed by atoms with van der Waals surface area (Å²) in [6.45, 7) is 4.02. The van der Waals surface area contributed by atoms with Gasteiger partial charge in [0.15, 0.2) is 0 Å². The molecule has 0 bridgehead atoms. The van der Waals surface area contributed by atoms with Crippen molar-refractivity contribution < 1.29 is 4.79 Å². The second kappa shape index (κ2) is 3.45. The van der Waals surface area contributed by atoms with Crippen LogP contribution in [0.1, 0.15) is 25.8 Å². The summed E-state index contributed by atoms with van der Waals surface area (Å²) in [6.07, 6.45) is 1.57. The second-order valence-electron chi connectivity index (χ2n) is 3.80. The number of nitrogens with zero attached hydrogens (tertiary/aromatic N) is 1. The van der Waals surface area contributed by atoms with E-state index in [9.17, 15) is 4.79 Å². The summed E-state index contributed by atoms with van der Waals surface area (Å²) in [4.78, 5) is 13.6. The first-order chi connectivity index (χ1) is 6.74.